The van der Waals surface area contributed by atoms with Gasteiger partial charge in [0.05, 0.1) is 16.3 Å². The summed E-state index contributed by atoms with van der Waals surface area (Å²) in [4.78, 5) is 2.30. The summed E-state index contributed by atoms with van der Waals surface area (Å²) in [5, 5.41) is 13.3. The number of azo groups is 1. The number of anilines is 1. The molecular weight excluding hydrogens is 312 g/mol. The van der Waals surface area contributed by atoms with Gasteiger partial charge in [0, 0.05) is 18.8 Å². The Balaban J connectivity index is 2.11. The maximum Gasteiger partial charge on any atom is 0.238 e. The van der Waals surface area contributed by atoms with Crippen molar-refractivity contribution in [3.63, 3.8) is 0 Å². The fraction of sp³-hybridized carbons (Fsp3) is 0.250. The molecule has 6 nitrogen and oxygen atoms in total. The Morgan fingerprint density at radius 2 is 1.30 bits per heavy atom. The lowest BCUT2D eigenvalue weighted by molar-refractivity contribution is 0.598. The molecule has 0 aliphatic carbocycles. The van der Waals surface area contributed by atoms with Crippen molar-refractivity contribution in [3.05, 3.63) is 48.5 Å². The predicted octanol–water partition coefficient (Wildman–Crippen LogP) is 3.60. The minimum atomic E-state index is -3.68. The van der Waals surface area contributed by atoms with Crippen LogP contribution in [0.5, 0.6) is 0 Å². The van der Waals surface area contributed by atoms with E-state index in [2.05, 4.69) is 29.0 Å². The Kier molecular flexibility index (Phi) is 5.46. The third kappa shape index (κ3) is 4.61. The highest BCUT2D eigenvalue weighted by Crippen LogP contribution is 2.22. The minimum Gasteiger partial charge on any atom is -0.372 e. The number of sulfonamides is 1. The average molecular weight is 332 g/mol. The van der Waals surface area contributed by atoms with E-state index in [9.17, 15) is 8.42 Å². The topological polar surface area (TPSA) is 88.1 Å². The highest BCUT2D eigenvalue weighted by molar-refractivity contribution is 7.89. The van der Waals surface area contributed by atoms with Gasteiger partial charge in [0.1, 0.15) is 0 Å². The van der Waals surface area contributed by atoms with Crippen LogP contribution in [0, 0.1) is 0 Å². The Bertz CT molecular complexity index is 765. The van der Waals surface area contributed by atoms with Crippen LogP contribution < -0.4 is 10.0 Å². The lowest BCUT2D eigenvalue weighted by atomic mass is 10.2. The van der Waals surface area contributed by atoms with E-state index in [1.165, 1.54) is 12.1 Å². The maximum atomic E-state index is 11.2. The molecule has 0 radical (unpaired) electrons. The van der Waals surface area contributed by atoms with E-state index in [4.69, 9.17) is 5.14 Å². The summed E-state index contributed by atoms with van der Waals surface area (Å²) < 4.78 is 22.4. The molecular formula is C16H20N4O2S. The van der Waals surface area contributed by atoms with E-state index < -0.39 is 10.0 Å². The van der Waals surface area contributed by atoms with Crippen molar-refractivity contribution in [2.45, 2.75) is 18.7 Å². The standard InChI is InChI=1S/C16H20N4O2S/c1-3-20(4-2)15-9-5-13(6-10-15)18-19-14-7-11-16(12-8-14)23(17,21)22/h5-12H,3-4H2,1-2H3,(H2,17,21,22). The quantitative estimate of drug-likeness (QED) is 0.820. The molecule has 0 saturated carbocycles. The van der Waals surface area contributed by atoms with Crippen molar-refractivity contribution in [2.24, 2.45) is 15.4 Å². The lowest BCUT2D eigenvalue weighted by Crippen LogP contribution is -2.21. The summed E-state index contributed by atoms with van der Waals surface area (Å²) in [6.07, 6.45) is 0. The van der Waals surface area contributed by atoms with Gasteiger partial charge >= 0.3 is 0 Å². The molecule has 0 amide bonds. The summed E-state index contributed by atoms with van der Waals surface area (Å²) in [7, 11) is -3.68. The third-order valence-electron chi connectivity index (χ3n) is 3.42. The number of hydrogen-bond acceptors (Lipinski definition) is 5. The van der Waals surface area contributed by atoms with E-state index in [1.54, 1.807) is 12.1 Å². The molecule has 0 saturated heterocycles. The second kappa shape index (κ2) is 7.34. The SMILES string of the molecule is CCN(CC)c1ccc(N=Nc2ccc(S(N)(=O)=O)cc2)cc1. The number of nitrogens with two attached hydrogens (primary N) is 1. The van der Waals surface area contributed by atoms with Crippen LogP contribution in [0.1, 0.15) is 13.8 Å². The van der Waals surface area contributed by atoms with Gasteiger partial charge in [-0.25, -0.2) is 13.6 Å². The summed E-state index contributed by atoms with van der Waals surface area (Å²) in [6.45, 7) is 6.13. The Hall–Kier alpha value is -2.25. The zero-order valence-corrected chi connectivity index (χ0v) is 14.0. The summed E-state index contributed by atoms with van der Waals surface area (Å²) >= 11 is 0. The van der Waals surface area contributed by atoms with E-state index in [0.29, 0.717) is 5.69 Å². The Morgan fingerprint density at radius 3 is 1.70 bits per heavy atom. The maximum absolute atomic E-state index is 11.2. The van der Waals surface area contributed by atoms with Crippen molar-refractivity contribution >= 4 is 27.1 Å². The van der Waals surface area contributed by atoms with Gasteiger partial charge in [0.15, 0.2) is 0 Å². The first-order valence-corrected chi connectivity index (χ1v) is 8.88. The number of rotatable bonds is 6. The molecule has 122 valence electrons. The van der Waals surface area contributed by atoms with Gasteiger partial charge in [0.25, 0.3) is 0 Å². The molecule has 0 fully saturated rings. The molecule has 0 spiro atoms. The highest BCUT2D eigenvalue weighted by Gasteiger charge is 2.06. The van der Waals surface area contributed by atoms with Crippen LogP contribution in [0.4, 0.5) is 17.1 Å². The molecule has 7 heteroatoms. The molecule has 23 heavy (non-hydrogen) atoms. The highest BCUT2D eigenvalue weighted by atomic mass is 32.2. The fourth-order valence-electron chi connectivity index (χ4n) is 2.14. The van der Waals surface area contributed by atoms with Crippen molar-refractivity contribution < 1.29 is 8.42 Å². The number of nitrogens with zero attached hydrogens (tertiary/aromatic N) is 3. The normalized spacial score (nSPS) is 11.8. The number of benzene rings is 2. The molecule has 0 aromatic heterocycles. The molecule has 0 heterocycles. The molecule has 0 aliphatic heterocycles. The summed E-state index contributed by atoms with van der Waals surface area (Å²) in [5.41, 5.74) is 2.44. The molecule has 2 aromatic rings. The molecule has 0 aliphatic rings. The van der Waals surface area contributed by atoms with Crippen molar-refractivity contribution in [1.82, 2.24) is 0 Å². The van der Waals surface area contributed by atoms with Crippen LogP contribution >= 0.6 is 0 Å². The first-order valence-electron chi connectivity index (χ1n) is 7.33. The van der Waals surface area contributed by atoms with Crippen LogP contribution in [-0.2, 0) is 10.0 Å². The van der Waals surface area contributed by atoms with Crippen molar-refractivity contribution in [1.29, 1.82) is 0 Å². The zero-order valence-electron chi connectivity index (χ0n) is 13.2. The van der Waals surface area contributed by atoms with Gasteiger partial charge in [0.2, 0.25) is 10.0 Å². The van der Waals surface area contributed by atoms with E-state index in [-0.39, 0.29) is 4.90 Å². The minimum absolute atomic E-state index is 0.0556. The van der Waals surface area contributed by atoms with Crippen LogP contribution in [0.25, 0.3) is 0 Å². The Labute approximate surface area is 136 Å². The lowest BCUT2D eigenvalue weighted by Gasteiger charge is -2.20. The van der Waals surface area contributed by atoms with Gasteiger partial charge in [-0.3, -0.25) is 0 Å². The molecule has 0 bridgehead atoms. The van der Waals surface area contributed by atoms with Crippen LogP contribution in [0.15, 0.2) is 63.7 Å². The molecule has 0 atom stereocenters. The molecule has 2 rings (SSSR count). The average Bonchev–Trinajstić information content (AvgIpc) is 2.55. The Morgan fingerprint density at radius 1 is 0.870 bits per heavy atom. The molecule has 2 aromatic carbocycles. The van der Waals surface area contributed by atoms with Crippen molar-refractivity contribution in [3.8, 4) is 0 Å². The number of hydrogen-bond donors (Lipinski definition) is 1. The van der Waals surface area contributed by atoms with Crippen LogP contribution in [0.3, 0.4) is 0 Å². The second-order valence-electron chi connectivity index (χ2n) is 4.93. The van der Waals surface area contributed by atoms with Gasteiger partial charge in [-0.2, -0.15) is 10.2 Å². The van der Waals surface area contributed by atoms with Gasteiger partial charge in [-0.05, 0) is 62.4 Å². The van der Waals surface area contributed by atoms with E-state index in [1.807, 2.05) is 24.3 Å². The number of primary sulfonamides is 1. The largest absolute Gasteiger partial charge is 0.372 e. The summed E-state index contributed by atoms with van der Waals surface area (Å²) in [6, 6.07) is 13.8. The van der Waals surface area contributed by atoms with Crippen molar-refractivity contribution in [2.75, 3.05) is 18.0 Å². The van der Waals surface area contributed by atoms with E-state index >= 15 is 0 Å². The third-order valence-corrected chi connectivity index (χ3v) is 4.35. The van der Waals surface area contributed by atoms with Gasteiger partial charge < -0.3 is 4.90 Å². The first-order chi connectivity index (χ1) is 10.9. The van der Waals surface area contributed by atoms with Crippen LogP contribution in [0.2, 0.25) is 0 Å². The van der Waals surface area contributed by atoms with E-state index in [0.717, 1.165) is 24.5 Å². The molecule has 0 unspecified atom stereocenters. The monoisotopic (exact) mass is 332 g/mol. The second-order valence-corrected chi connectivity index (χ2v) is 6.49. The van der Waals surface area contributed by atoms with Crippen LogP contribution in [-0.4, -0.2) is 21.5 Å². The summed E-state index contributed by atoms with van der Waals surface area (Å²) in [5.74, 6) is 0. The predicted molar refractivity (Wildman–Crippen MR) is 92.0 cm³/mol. The first kappa shape index (κ1) is 17.1. The van der Waals surface area contributed by atoms with Gasteiger partial charge in [-0.1, -0.05) is 0 Å². The fourth-order valence-corrected chi connectivity index (χ4v) is 2.65. The zero-order chi connectivity index (χ0) is 16.9. The van der Waals surface area contributed by atoms with Gasteiger partial charge in [-0.15, -0.1) is 0 Å². The smallest absolute Gasteiger partial charge is 0.238 e. The molecule has 2 N–H and O–H groups in total.